The first-order chi connectivity index (χ1) is 8.35. The summed E-state index contributed by atoms with van der Waals surface area (Å²) in [5.41, 5.74) is -0.388. The van der Waals surface area contributed by atoms with Gasteiger partial charge in [-0.1, -0.05) is 13.8 Å². The van der Waals surface area contributed by atoms with E-state index in [4.69, 9.17) is 5.11 Å². The zero-order valence-electron chi connectivity index (χ0n) is 11.3. The van der Waals surface area contributed by atoms with E-state index >= 15 is 0 Å². The largest absolute Gasteiger partial charge is 0.481 e. The molecule has 0 unspecified atom stereocenters. The van der Waals surface area contributed by atoms with Gasteiger partial charge < -0.3 is 14.9 Å². The molecule has 1 aliphatic heterocycles. The molecule has 2 fully saturated rings. The van der Waals surface area contributed by atoms with E-state index in [1.807, 2.05) is 18.7 Å². The molecule has 18 heavy (non-hydrogen) atoms. The molecule has 0 aromatic rings. The molecule has 1 saturated heterocycles. The molecule has 5 heteroatoms. The molecular weight excluding hydrogens is 232 g/mol. The highest BCUT2D eigenvalue weighted by atomic mass is 16.4. The predicted octanol–water partition coefficient (Wildman–Crippen LogP) is 0.507. The van der Waals surface area contributed by atoms with Crippen molar-refractivity contribution in [2.45, 2.75) is 20.3 Å². The highest BCUT2D eigenvalue weighted by molar-refractivity contribution is 5.91. The van der Waals surface area contributed by atoms with Gasteiger partial charge in [-0.25, -0.2) is 0 Å². The average Bonchev–Trinajstić information content (AvgIpc) is 2.91. The summed E-state index contributed by atoms with van der Waals surface area (Å²) in [4.78, 5) is 27.6. The van der Waals surface area contributed by atoms with Crippen LogP contribution in [0.15, 0.2) is 0 Å². The molecule has 0 radical (unpaired) electrons. The maximum Gasteiger partial charge on any atom is 0.307 e. The van der Waals surface area contributed by atoms with Crippen molar-refractivity contribution < 1.29 is 14.7 Å². The normalized spacial score (nSPS) is 31.8. The maximum absolute atomic E-state index is 12.4. The molecule has 1 N–H and O–H groups in total. The Kier molecular flexibility index (Phi) is 3.36. The summed E-state index contributed by atoms with van der Waals surface area (Å²) in [6.07, 6.45) is 0.965. The Morgan fingerprint density at radius 1 is 1.11 bits per heavy atom. The van der Waals surface area contributed by atoms with Crippen LogP contribution in [0.1, 0.15) is 20.3 Å². The van der Waals surface area contributed by atoms with Crippen molar-refractivity contribution in [1.29, 1.82) is 0 Å². The van der Waals surface area contributed by atoms with Gasteiger partial charge in [0.25, 0.3) is 0 Å². The Bertz CT molecular complexity index is 367. The molecule has 0 aromatic carbocycles. The minimum absolute atomic E-state index is 0.0303. The lowest BCUT2D eigenvalue weighted by Gasteiger charge is -2.21. The van der Waals surface area contributed by atoms with E-state index in [-0.39, 0.29) is 17.2 Å². The second-order valence-electron chi connectivity index (χ2n) is 6.10. The van der Waals surface area contributed by atoms with Gasteiger partial charge in [0.05, 0.1) is 11.8 Å². The van der Waals surface area contributed by atoms with Crippen molar-refractivity contribution in [3.8, 4) is 0 Å². The van der Waals surface area contributed by atoms with Crippen molar-refractivity contribution in [3.63, 3.8) is 0 Å². The number of carbonyl (C=O) groups excluding carboxylic acids is 1. The lowest BCUT2D eigenvalue weighted by Crippen LogP contribution is -2.36. The molecule has 5 nitrogen and oxygen atoms in total. The van der Waals surface area contributed by atoms with Crippen LogP contribution in [0.25, 0.3) is 0 Å². The Labute approximate surface area is 108 Å². The van der Waals surface area contributed by atoms with Crippen LogP contribution < -0.4 is 0 Å². The molecule has 1 aliphatic carbocycles. The second kappa shape index (κ2) is 4.53. The van der Waals surface area contributed by atoms with Gasteiger partial charge in [-0.15, -0.1) is 0 Å². The molecule has 1 heterocycles. The Morgan fingerprint density at radius 2 is 1.78 bits per heavy atom. The van der Waals surface area contributed by atoms with Crippen LogP contribution in [-0.4, -0.2) is 60.0 Å². The smallest absolute Gasteiger partial charge is 0.307 e. The van der Waals surface area contributed by atoms with Crippen LogP contribution in [0.5, 0.6) is 0 Å². The number of aliphatic carboxylic acids is 1. The molecule has 0 bridgehead atoms. The molecular formula is C13H22N2O3. The lowest BCUT2D eigenvalue weighted by atomic mass is 10.1. The molecule has 0 aromatic heterocycles. The molecule has 2 aliphatic rings. The number of carboxylic acids is 1. The fourth-order valence-corrected chi connectivity index (χ4v) is 3.02. The number of likely N-dealkylation sites (N-methyl/N-ethyl adjacent to an activating group) is 1. The van der Waals surface area contributed by atoms with E-state index in [9.17, 15) is 9.59 Å². The van der Waals surface area contributed by atoms with Crippen LogP contribution in [0.2, 0.25) is 0 Å². The molecule has 1 saturated carbocycles. The SMILES string of the molecule is CN1CCCN(C(=O)[C@H]2[C@@H](C(=O)O)C2(C)C)CC1. The van der Waals surface area contributed by atoms with Gasteiger partial charge in [0.1, 0.15) is 0 Å². The van der Waals surface area contributed by atoms with Crippen molar-refractivity contribution in [2.24, 2.45) is 17.3 Å². The van der Waals surface area contributed by atoms with Crippen LogP contribution in [0.3, 0.4) is 0 Å². The van der Waals surface area contributed by atoms with E-state index < -0.39 is 11.9 Å². The molecule has 1 amide bonds. The first-order valence-electron chi connectivity index (χ1n) is 6.56. The maximum atomic E-state index is 12.4. The van der Waals surface area contributed by atoms with E-state index in [1.165, 1.54) is 0 Å². The fourth-order valence-electron chi connectivity index (χ4n) is 3.02. The minimum atomic E-state index is -0.842. The first-order valence-corrected chi connectivity index (χ1v) is 6.56. The molecule has 2 rings (SSSR count). The highest BCUT2D eigenvalue weighted by Crippen LogP contribution is 2.59. The van der Waals surface area contributed by atoms with E-state index in [0.717, 1.165) is 26.1 Å². The van der Waals surface area contributed by atoms with Crippen molar-refractivity contribution >= 4 is 11.9 Å². The van der Waals surface area contributed by atoms with E-state index in [0.29, 0.717) is 6.54 Å². The van der Waals surface area contributed by atoms with E-state index in [2.05, 4.69) is 11.9 Å². The molecule has 2 atom stereocenters. The van der Waals surface area contributed by atoms with Crippen LogP contribution >= 0.6 is 0 Å². The van der Waals surface area contributed by atoms with Gasteiger partial charge in [0, 0.05) is 19.6 Å². The molecule has 0 spiro atoms. The lowest BCUT2D eigenvalue weighted by molar-refractivity contribution is -0.142. The summed E-state index contributed by atoms with van der Waals surface area (Å²) >= 11 is 0. The standard InChI is InChI=1S/C13H22N2O3/c1-13(2)9(10(13)12(17)18)11(16)15-6-4-5-14(3)7-8-15/h9-10H,4-8H2,1-3H3,(H,17,18)/t9-,10+/m1/s1. The number of hydrogen-bond donors (Lipinski definition) is 1. The van der Waals surface area contributed by atoms with Gasteiger partial charge >= 0.3 is 5.97 Å². The third-order valence-electron chi connectivity index (χ3n) is 4.39. The third kappa shape index (κ3) is 2.23. The number of amides is 1. The third-order valence-corrected chi connectivity index (χ3v) is 4.39. The summed E-state index contributed by atoms with van der Waals surface area (Å²) in [6, 6.07) is 0. The average molecular weight is 254 g/mol. The summed E-state index contributed by atoms with van der Waals surface area (Å²) in [7, 11) is 2.05. The summed E-state index contributed by atoms with van der Waals surface area (Å²) in [6.45, 7) is 7.09. The van der Waals surface area contributed by atoms with Crippen molar-refractivity contribution in [2.75, 3.05) is 33.2 Å². The fraction of sp³-hybridized carbons (Fsp3) is 0.846. The number of nitrogens with zero attached hydrogens (tertiary/aromatic N) is 2. The van der Waals surface area contributed by atoms with Crippen molar-refractivity contribution in [1.82, 2.24) is 9.80 Å². The second-order valence-corrected chi connectivity index (χ2v) is 6.10. The Balaban J connectivity index is 2.02. The van der Waals surface area contributed by atoms with Gasteiger partial charge in [0.2, 0.25) is 5.91 Å². The zero-order chi connectivity index (χ0) is 13.5. The minimum Gasteiger partial charge on any atom is -0.481 e. The summed E-state index contributed by atoms with van der Waals surface area (Å²) < 4.78 is 0. The molecule has 102 valence electrons. The zero-order valence-corrected chi connectivity index (χ0v) is 11.3. The monoisotopic (exact) mass is 254 g/mol. The van der Waals surface area contributed by atoms with Gasteiger partial charge in [-0.05, 0) is 25.4 Å². The Morgan fingerprint density at radius 3 is 2.33 bits per heavy atom. The summed E-state index contributed by atoms with van der Waals surface area (Å²) in [5, 5.41) is 9.13. The highest BCUT2D eigenvalue weighted by Gasteiger charge is 2.66. The number of hydrogen-bond acceptors (Lipinski definition) is 3. The van der Waals surface area contributed by atoms with Crippen LogP contribution in [-0.2, 0) is 9.59 Å². The quantitative estimate of drug-likeness (QED) is 0.780. The number of carbonyl (C=O) groups is 2. The summed E-state index contributed by atoms with van der Waals surface area (Å²) in [5.74, 6) is -1.66. The topological polar surface area (TPSA) is 60.9 Å². The van der Waals surface area contributed by atoms with Gasteiger partial charge in [0.15, 0.2) is 0 Å². The first kappa shape index (κ1) is 13.3. The van der Waals surface area contributed by atoms with Crippen LogP contribution in [0.4, 0.5) is 0 Å². The van der Waals surface area contributed by atoms with Crippen molar-refractivity contribution in [3.05, 3.63) is 0 Å². The Hall–Kier alpha value is -1.10. The van der Waals surface area contributed by atoms with Crippen LogP contribution in [0, 0.1) is 17.3 Å². The number of carboxylic acid groups (broad SMARTS) is 1. The van der Waals surface area contributed by atoms with Gasteiger partial charge in [-0.2, -0.15) is 0 Å². The van der Waals surface area contributed by atoms with E-state index in [1.54, 1.807) is 0 Å². The number of rotatable bonds is 2. The van der Waals surface area contributed by atoms with Gasteiger partial charge in [-0.3, -0.25) is 9.59 Å². The predicted molar refractivity (Wildman–Crippen MR) is 67.1 cm³/mol.